The molecule has 2 unspecified atom stereocenters. The van der Waals surface area contributed by atoms with Crippen LogP contribution in [0.5, 0.6) is 0 Å². The Labute approximate surface area is 173 Å². The summed E-state index contributed by atoms with van der Waals surface area (Å²) in [6, 6.07) is 14.0. The molecule has 0 fully saturated rings. The molecule has 4 N–H and O–H groups in total. The van der Waals surface area contributed by atoms with Crippen LogP contribution in [0.1, 0.15) is 30.4 Å². The highest BCUT2D eigenvalue weighted by atomic mass is 16.5. The average molecular weight is 412 g/mol. The molecule has 0 radical (unpaired) electrons. The molecule has 158 valence electrons. The third-order valence-electron chi connectivity index (χ3n) is 5.02. The maximum Gasteiger partial charge on any atom is 0.407 e. The number of ether oxygens (including phenoxy) is 1. The molecule has 0 aliphatic heterocycles. The second-order valence-electron chi connectivity index (χ2n) is 7.22. The predicted molar refractivity (Wildman–Crippen MR) is 109 cm³/mol. The minimum atomic E-state index is -1.38. The van der Waals surface area contributed by atoms with E-state index in [4.69, 9.17) is 14.9 Å². The van der Waals surface area contributed by atoms with E-state index in [0.717, 1.165) is 22.3 Å². The van der Waals surface area contributed by atoms with Gasteiger partial charge in [-0.05, 0) is 29.2 Å². The van der Waals surface area contributed by atoms with Gasteiger partial charge in [-0.2, -0.15) is 0 Å². The first-order valence-corrected chi connectivity index (χ1v) is 9.65. The van der Waals surface area contributed by atoms with Crippen LogP contribution in [0, 0.1) is 0 Å². The Morgan fingerprint density at radius 3 is 2.10 bits per heavy atom. The standard InChI is InChI=1S/C22H24N2O6/c1-13(10-20(26)24-19(11-25)21(27)28)23-22(29)30-12-18-16-8-4-2-6-14(16)15-7-3-5-9-17(15)18/h2-9,13,18-19,25H,10-12H2,1H3,(H,23,29)(H,24,26)(H,27,28). The number of amides is 2. The van der Waals surface area contributed by atoms with E-state index in [-0.39, 0.29) is 18.9 Å². The van der Waals surface area contributed by atoms with Crippen LogP contribution in [-0.4, -0.2) is 53.5 Å². The van der Waals surface area contributed by atoms with E-state index in [1.807, 2.05) is 48.5 Å². The number of aliphatic carboxylic acids is 1. The fourth-order valence-electron chi connectivity index (χ4n) is 3.61. The SMILES string of the molecule is CC(CC(=O)NC(CO)C(=O)O)NC(=O)OCC1c2ccccc2-c2ccccc21. The van der Waals surface area contributed by atoms with Crippen molar-refractivity contribution in [1.82, 2.24) is 10.6 Å². The number of carbonyl (C=O) groups excluding carboxylic acids is 2. The largest absolute Gasteiger partial charge is 0.480 e. The Morgan fingerprint density at radius 2 is 1.57 bits per heavy atom. The van der Waals surface area contributed by atoms with Gasteiger partial charge in [-0.1, -0.05) is 48.5 Å². The number of aliphatic hydroxyl groups is 1. The van der Waals surface area contributed by atoms with Gasteiger partial charge in [0.25, 0.3) is 0 Å². The summed E-state index contributed by atoms with van der Waals surface area (Å²) < 4.78 is 5.42. The highest BCUT2D eigenvalue weighted by molar-refractivity contribution is 5.84. The average Bonchev–Trinajstić information content (AvgIpc) is 3.04. The quantitative estimate of drug-likeness (QED) is 0.525. The van der Waals surface area contributed by atoms with Gasteiger partial charge in [0.15, 0.2) is 0 Å². The van der Waals surface area contributed by atoms with E-state index >= 15 is 0 Å². The van der Waals surface area contributed by atoms with Crippen molar-refractivity contribution in [2.75, 3.05) is 13.2 Å². The molecular formula is C22H24N2O6. The summed E-state index contributed by atoms with van der Waals surface area (Å²) in [5.74, 6) is -1.99. The number of fused-ring (bicyclic) bond motifs is 3. The lowest BCUT2D eigenvalue weighted by Gasteiger charge is -2.18. The van der Waals surface area contributed by atoms with Crippen molar-refractivity contribution in [3.63, 3.8) is 0 Å². The van der Waals surface area contributed by atoms with Gasteiger partial charge >= 0.3 is 12.1 Å². The zero-order chi connectivity index (χ0) is 21.7. The fourth-order valence-corrected chi connectivity index (χ4v) is 3.61. The normalized spacial score (nSPS) is 14.2. The van der Waals surface area contributed by atoms with Crippen LogP contribution >= 0.6 is 0 Å². The molecule has 0 heterocycles. The Kier molecular flexibility index (Phi) is 6.68. The molecule has 1 aliphatic rings. The smallest absolute Gasteiger partial charge is 0.407 e. The van der Waals surface area contributed by atoms with E-state index in [1.54, 1.807) is 6.92 Å². The molecule has 1 aliphatic carbocycles. The number of aliphatic hydroxyl groups excluding tert-OH is 1. The molecule has 0 saturated heterocycles. The first kappa shape index (κ1) is 21.3. The lowest BCUT2D eigenvalue weighted by Crippen LogP contribution is -2.45. The molecule has 3 rings (SSSR count). The Balaban J connectivity index is 1.54. The minimum absolute atomic E-state index is 0.0670. The summed E-state index contributed by atoms with van der Waals surface area (Å²) in [6.07, 6.45) is -0.803. The topological polar surface area (TPSA) is 125 Å². The predicted octanol–water partition coefficient (Wildman–Crippen LogP) is 1.87. The summed E-state index contributed by atoms with van der Waals surface area (Å²) in [5.41, 5.74) is 4.46. The van der Waals surface area contributed by atoms with Crippen LogP contribution < -0.4 is 10.6 Å². The van der Waals surface area contributed by atoms with Crippen LogP contribution in [0.4, 0.5) is 4.79 Å². The van der Waals surface area contributed by atoms with Crippen molar-refractivity contribution < 1.29 is 29.3 Å². The first-order valence-electron chi connectivity index (χ1n) is 9.65. The molecule has 2 amide bonds. The highest BCUT2D eigenvalue weighted by Gasteiger charge is 2.29. The fraction of sp³-hybridized carbons (Fsp3) is 0.318. The summed E-state index contributed by atoms with van der Waals surface area (Å²) in [6.45, 7) is 1.05. The highest BCUT2D eigenvalue weighted by Crippen LogP contribution is 2.44. The summed E-state index contributed by atoms with van der Waals surface area (Å²) >= 11 is 0. The van der Waals surface area contributed by atoms with Crippen molar-refractivity contribution in [1.29, 1.82) is 0 Å². The third kappa shape index (κ3) is 4.77. The van der Waals surface area contributed by atoms with Crippen LogP contribution in [0.15, 0.2) is 48.5 Å². The second kappa shape index (κ2) is 9.41. The second-order valence-corrected chi connectivity index (χ2v) is 7.22. The molecular weight excluding hydrogens is 388 g/mol. The van der Waals surface area contributed by atoms with Crippen LogP contribution in [-0.2, 0) is 14.3 Å². The molecule has 0 spiro atoms. The molecule has 8 nitrogen and oxygen atoms in total. The number of nitrogens with one attached hydrogen (secondary N) is 2. The number of carboxylic acids is 1. The maximum absolute atomic E-state index is 12.2. The van der Waals surface area contributed by atoms with Crippen molar-refractivity contribution >= 4 is 18.0 Å². The van der Waals surface area contributed by atoms with Crippen LogP contribution in [0.3, 0.4) is 0 Å². The molecule has 0 saturated carbocycles. The monoisotopic (exact) mass is 412 g/mol. The van der Waals surface area contributed by atoms with E-state index in [1.165, 1.54) is 0 Å². The number of hydrogen-bond acceptors (Lipinski definition) is 5. The van der Waals surface area contributed by atoms with Crippen LogP contribution in [0.25, 0.3) is 11.1 Å². The number of rotatable bonds is 8. The molecule has 8 heteroatoms. The van der Waals surface area contributed by atoms with Crippen molar-refractivity contribution in [2.24, 2.45) is 0 Å². The zero-order valence-electron chi connectivity index (χ0n) is 16.5. The number of benzene rings is 2. The van der Waals surface area contributed by atoms with Gasteiger partial charge in [-0.25, -0.2) is 9.59 Å². The number of carboxylic acid groups (broad SMARTS) is 1. The lowest BCUT2D eigenvalue weighted by atomic mass is 9.98. The molecule has 0 bridgehead atoms. The van der Waals surface area contributed by atoms with Gasteiger partial charge in [0.2, 0.25) is 5.91 Å². The Bertz CT molecular complexity index is 899. The molecule has 2 aromatic rings. The van der Waals surface area contributed by atoms with Crippen LogP contribution in [0.2, 0.25) is 0 Å². The number of hydrogen-bond donors (Lipinski definition) is 4. The van der Waals surface area contributed by atoms with Crippen molar-refractivity contribution in [2.45, 2.75) is 31.3 Å². The van der Waals surface area contributed by atoms with Gasteiger partial charge < -0.3 is 25.6 Å². The Hall–Kier alpha value is -3.39. The van der Waals surface area contributed by atoms with Gasteiger partial charge in [0, 0.05) is 18.4 Å². The number of carbonyl (C=O) groups is 3. The van der Waals surface area contributed by atoms with E-state index in [0.29, 0.717) is 0 Å². The zero-order valence-corrected chi connectivity index (χ0v) is 16.5. The lowest BCUT2D eigenvalue weighted by molar-refractivity contribution is -0.143. The van der Waals surface area contributed by atoms with E-state index in [2.05, 4.69) is 10.6 Å². The minimum Gasteiger partial charge on any atom is -0.480 e. The third-order valence-corrected chi connectivity index (χ3v) is 5.02. The van der Waals surface area contributed by atoms with Crippen molar-refractivity contribution in [3.8, 4) is 11.1 Å². The van der Waals surface area contributed by atoms with Crippen molar-refractivity contribution in [3.05, 3.63) is 59.7 Å². The first-order chi connectivity index (χ1) is 14.4. The van der Waals surface area contributed by atoms with E-state index < -0.39 is 36.7 Å². The maximum atomic E-state index is 12.2. The van der Waals surface area contributed by atoms with Gasteiger partial charge in [-0.3, -0.25) is 4.79 Å². The summed E-state index contributed by atoms with van der Waals surface area (Å²) in [4.78, 5) is 34.9. The summed E-state index contributed by atoms with van der Waals surface area (Å²) in [5, 5.41) is 22.6. The van der Waals surface area contributed by atoms with Gasteiger partial charge in [0.05, 0.1) is 6.61 Å². The number of alkyl carbamates (subject to hydrolysis) is 1. The summed E-state index contributed by atoms with van der Waals surface area (Å²) in [7, 11) is 0. The molecule has 30 heavy (non-hydrogen) atoms. The molecule has 2 atom stereocenters. The Morgan fingerprint density at radius 1 is 1.00 bits per heavy atom. The van der Waals surface area contributed by atoms with Gasteiger partial charge in [-0.15, -0.1) is 0 Å². The molecule has 0 aromatic heterocycles. The molecule has 2 aromatic carbocycles. The van der Waals surface area contributed by atoms with E-state index in [9.17, 15) is 14.4 Å². The van der Waals surface area contributed by atoms with Gasteiger partial charge in [0.1, 0.15) is 12.6 Å².